The van der Waals surface area contributed by atoms with E-state index < -0.39 is 5.60 Å². The highest BCUT2D eigenvalue weighted by Crippen LogP contribution is 2.25. The standard InChI is InChI=1S/C14H19NO5/c1-10-14(18,6-7-19-10)9-15-13(17)8-20-12-5-3-2-4-11(12)16/h2-5,10,16,18H,6-9H2,1H3,(H,15,17). The summed E-state index contributed by atoms with van der Waals surface area (Å²) in [4.78, 5) is 11.7. The largest absolute Gasteiger partial charge is 0.504 e. The molecule has 3 N–H and O–H groups in total. The molecular formula is C14H19NO5. The van der Waals surface area contributed by atoms with Crippen LogP contribution in [0.15, 0.2) is 24.3 Å². The third-order valence-electron chi connectivity index (χ3n) is 3.48. The van der Waals surface area contributed by atoms with Gasteiger partial charge in [0, 0.05) is 19.6 Å². The van der Waals surface area contributed by atoms with Crippen LogP contribution in [0.2, 0.25) is 0 Å². The number of para-hydroxylation sites is 2. The number of amides is 1. The Morgan fingerprint density at radius 1 is 1.55 bits per heavy atom. The fourth-order valence-corrected chi connectivity index (χ4v) is 2.03. The summed E-state index contributed by atoms with van der Waals surface area (Å²) in [5, 5.41) is 22.3. The van der Waals surface area contributed by atoms with Crippen LogP contribution >= 0.6 is 0 Å². The molecule has 0 bridgehead atoms. The Balaban J connectivity index is 1.77. The number of phenols is 1. The van der Waals surface area contributed by atoms with Crippen LogP contribution in [0.25, 0.3) is 0 Å². The highest BCUT2D eigenvalue weighted by molar-refractivity contribution is 5.77. The average molecular weight is 281 g/mol. The molecule has 1 aromatic carbocycles. The Morgan fingerprint density at radius 2 is 2.30 bits per heavy atom. The molecule has 1 aromatic rings. The fourth-order valence-electron chi connectivity index (χ4n) is 2.03. The lowest BCUT2D eigenvalue weighted by molar-refractivity contribution is -0.124. The molecule has 1 saturated heterocycles. The molecular weight excluding hydrogens is 262 g/mol. The van der Waals surface area contributed by atoms with Crippen LogP contribution in [0.3, 0.4) is 0 Å². The Hall–Kier alpha value is -1.79. The number of phenolic OH excluding ortho intramolecular Hbond substituents is 1. The zero-order chi connectivity index (χ0) is 14.6. The molecule has 2 atom stereocenters. The van der Waals surface area contributed by atoms with Gasteiger partial charge in [-0.3, -0.25) is 4.79 Å². The summed E-state index contributed by atoms with van der Waals surface area (Å²) in [5.41, 5.74) is -1.02. The number of aromatic hydroxyl groups is 1. The van der Waals surface area contributed by atoms with Crippen molar-refractivity contribution in [3.8, 4) is 11.5 Å². The zero-order valence-corrected chi connectivity index (χ0v) is 11.3. The number of carbonyl (C=O) groups excluding carboxylic acids is 1. The number of benzene rings is 1. The number of aliphatic hydroxyl groups is 1. The quantitative estimate of drug-likeness (QED) is 0.728. The number of ether oxygens (including phenoxy) is 2. The minimum Gasteiger partial charge on any atom is -0.504 e. The van der Waals surface area contributed by atoms with Gasteiger partial charge in [-0.15, -0.1) is 0 Å². The highest BCUT2D eigenvalue weighted by Gasteiger charge is 2.39. The molecule has 0 radical (unpaired) electrons. The van der Waals surface area contributed by atoms with Crippen LogP contribution < -0.4 is 10.1 Å². The molecule has 2 rings (SSSR count). The van der Waals surface area contributed by atoms with E-state index in [9.17, 15) is 15.0 Å². The number of hydrogen-bond donors (Lipinski definition) is 3. The van der Waals surface area contributed by atoms with E-state index >= 15 is 0 Å². The second-order valence-corrected chi connectivity index (χ2v) is 4.90. The molecule has 1 aliphatic rings. The minimum atomic E-state index is -1.02. The molecule has 6 nitrogen and oxygen atoms in total. The van der Waals surface area contributed by atoms with Crippen molar-refractivity contribution < 1.29 is 24.5 Å². The molecule has 0 aromatic heterocycles. The van der Waals surface area contributed by atoms with Gasteiger partial charge in [0.1, 0.15) is 5.60 Å². The van der Waals surface area contributed by atoms with Crippen LogP contribution in [-0.2, 0) is 9.53 Å². The fraction of sp³-hybridized carbons (Fsp3) is 0.500. The molecule has 110 valence electrons. The Bertz CT molecular complexity index is 478. The van der Waals surface area contributed by atoms with Crippen molar-refractivity contribution in [2.24, 2.45) is 0 Å². The van der Waals surface area contributed by atoms with Gasteiger partial charge in [0.2, 0.25) is 0 Å². The summed E-state index contributed by atoms with van der Waals surface area (Å²) in [7, 11) is 0. The predicted molar refractivity (Wildman–Crippen MR) is 71.6 cm³/mol. The van der Waals surface area contributed by atoms with Gasteiger partial charge in [0.05, 0.1) is 6.10 Å². The van der Waals surface area contributed by atoms with Crippen molar-refractivity contribution in [1.29, 1.82) is 0 Å². The van der Waals surface area contributed by atoms with Crippen molar-refractivity contribution in [2.75, 3.05) is 19.8 Å². The number of carbonyl (C=O) groups is 1. The Morgan fingerprint density at radius 3 is 2.95 bits per heavy atom. The van der Waals surface area contributed by atoms with E-state index in [4.69, 9.17) is 9.47 Å². The molecule has 2 unspecified atom stereocenters. The highest BCUT2D eigenvalue weighted by atomic mass is 16.5. The molecule has 20 heavy (non-hydrogen) atoms. The van der Waals surface area contributed by atoms with Crippen molar-refractivity contribution in [1.82, 2.24) is 5.32 Å². The van der Waals surface area contributed by atoms with E-state index in [0.717, 1.165) is 0 Å². The average Bonchev–Trinajstić information content (AvgIpc) is 2.76. The van der Waals surface area contributed by atoms with E-state index in [2.05, 4.69) is 5.32 Å². The van der Waals surface area contributed by atoms with Crippen LogP contribution in [0, 0.1) is 0 Å². The third kappa shape index (κ3) is 3.40. The molecule has 1 amide bonds. The number of rotatable bonds is 5. The maximum absolute atomic E-state index is 11.7. The summed E-state index contributed by atoms with van der Waals surface area (Å²) in [6, 6.07) is 6.42. The van der Waals surface area contributed by atoms with Gasteiger partial charge in [-0.25, -0.2) is 0 Å². The zero-order valence-electron chi connectivity index (χ0n) is 11.3. The second kappa shape index (κ2) is 6.11. The summed E-state index contributed by atoms with van der Waals surface area (Å²) in [5.74, 6) is -0.128. The lowest BCUT2D eigenvalue weighted by Crippen LogP contribution is -2.48. The minimum absolute atomic E-state index is 0.0169. The molecule has 1 heterocycles. The van der Waals surface area contributed by atoms with Gasteiger partial charge in [-0.2, -0.15) is 0 Å². The van der Waals surface area contributed by atoms with Gasteiger partial charge < -0.3 is 25.0 Å². The van der Waals surface area contributed by atoms with Crippen molar-refractivity contribution >= 4 is 5.91 Å². The number of hydrogen-bond acceptors (Lipinski definition) is 5. The second-order valence-electron chi connectivity index (χ2n) is 4.90. The summed E-state index contributed by atoms with van der Waals surface area (Å²) >= 11 is 0. The summed E-state index contributed by atoms with van der Waals surface area (Å²) in [6.45, 7) is 2.17. The van der Waals surface area contributed by atoms with Gasteiger partial charge in [-0.1, -0.05) is 12.1 Å². The molecule has 1 fully saturated rings. The van der Waals surface area contributed by atoms with Crippen LogP contribution in [-0.4, -0.2) is 47.6 Å². The van der Waals surface area contributed by atoms with Gasteiger partial charge in [-0.05, 0) is 19.1 Å². The first-order valence-electron chi connectivity index (χ1n) is 6.53. The van der Waals surface area contributed by atoms with E-state index in [1.165, 1.54) is 6.07 Å². The van der Waals surface area contributed by atoms with Gasteiger partial charge >= 0.3 is 0 Å². The third-order valence-corrected chi connectivity index (χ3v) is 3.48. The Labute approximate surface area is 117 Å². The normalized spacial score (nSPS) is 25.4. The van der Waals surface area contributed by atoms with Crippen LogP contribution in [0.4, 0.5) is 0 Å². The molecule has 0 spiro atoms. The van der Waals surface area contributed by atoms with E-state index in [1.807, 2.05) is 0 Å². The van der Waals surface area contributed by atoms with Crippen molar-refractivity contribution in [2.45, 2.75) is 25.0 Å². The molecule has 0 aliphatic carbocycles. The van der Waals surface area contributed by atoms with E-state index in [1.54, 1.807) is 25.1 Å². The first-order chi connectivity index (χ1) is 9.51. The van der Waals surface area contributed by atoms with E-state index in [-0.39, 0.29) is 36.7 Å². The summed E-state index contributed by atoms with van der Waals surface area (Å²) < 4.78 is 10.5. The maximum atomic E-state index is 11.7. The van der Waals surface area contributed by atoms with Gasteiger partial charge in [0.25, 0.3) is 5.91 Å². The number of nitrogens with one attached hydrogen (secondary N) is 1. The Kier molecular flexibility index (Phi) is 4.46. The SMILES string of the molecule is CC1OCCC1(O)CNC(=O)COc1ccccc1O. The van der Waals surface area contributed by atoms with Crippen LogP contribution in [0.1, 0.15) is 13.3 Å². The van der Waals surface area contributed by atoms with Crippen molar-refractivity contribution in [3.63, 3.8) is 0 Å². The monoisotopic (exact) mass is 281 g/mol. The van der Waals surface area contributed by atoms with Gasteiger partial charge in [0.15, 0.2) is 18.1 Å². The maximum Gasteiger partial charge on any atom is 0.258 e. The first kappa shape index (κ1) is 14.6. The molecule has 6 heteroatoms. The predicted octanol–water partition coefficient (Wildman–Crippen LogP) is 0.427. The lowest BCUT2D eigenvalue weighted by atomic mass is 9.97. The molecule has 1 aliphatic heterocycles. The van der Waals surface area contributed by atoms with Crippen molar-refractivity contribution in [3.05, 3.63) is 24.3 Å². The topological polar surface area (TPSA) is 88.0 Å². The first-order valence-corrected chi connectivity index (χ1v) is 6.53. The smallest absolute Gasteiger partial charge is 0.258 e. The van der Waals surface area contributed by atoms with E-state index in [0.29, 0.717) is 13.0 Å². The lowest BCUT2D eigenvalue weighted by Gasteiger charge is -2.26. The summed E-state index contributed by atoms with van der Waals surface area (Å²) in [6.07, 6.45) is 0.191. The molecule has 0 saturated carbocycles. The van der Waals surface area contributed by atoms with Crippen LogP contribution in [0.5, 0.6) is 11.5 Å².